The molecular weight excluding hydrogens is 351 g/mol. The Morgan fingerprint density at radius 3 is 2.63 bits per heavy atom. The summed E-state index contributed by atoms with van der Waals surface area (Å²) in [5.74, 6) is -1.39. The van der Waals surface area contributed by atoms with E-state index in [1.165, 1.54) is 12.1 Å². The van der Waals surface area contributed by atoms with Crippen LogP contribution < -0.4 is 0 Å². The Hall–Kier alpha value is -2.44. The molecule has 146 valence electrons. The predicted octanol–water partition coefficient (Wildman–Crippen LogP) is 1.98. The monoisotopic (exact) mass is 376 g/mol. The fourth-order valence-electron chi connectivity index (χ4n) is 3.79. The molecule has 0 saturated carbocycles. The maximum Gasteiger partial charge on any atom is 0.310 e. The van der Waals surface area contributed by atoms with E-state index in [0.29, 0.717) is 32.8 Å². The van der Waals surface area contributed by atoms with Gasteiger partial charge in [-0.25, -0.2) is 4.39 Å². The van der Waals surface area contributed by atoms with Gasteiger partial charge in [-0.15, -0.1) is 0 Å². The third-order valence-corrected chi connectivity index (χ3v) is 5.20. The number of ether oxygens (including phenoxy) is 1. The number of esters is 1. The molecule has 0 aliphatic carbocycles. The molecule has 1 aromatic carbocycles. The second-order valence-corrected chi connectivity index (χ2v) is 7.18. The van der Waals surface area contributed by atoms with E-state index < -0.39 is 0 Å². The van der Waals surface area contributed by atoms with Gasteiger partial charge < -0.3 is 14.5 Å². The number of carbonyl (C=O) groups excluding carboxylic acids is 3. The molecule has 0 radical (unpaired) electrons. The summed E-state index contributed by atoms with van der Waals surface area (Å²) in [5.41, 5.74) is 0.832. The maximum absolute atomic E-state index is 13.0. The minimum atomic E-state index is -0.390. The number of benzene rings is 1. The van der Waals surface area contributed by atoms with Gasteiger partial charge in [0.1, 0.15) is 5.82 Å². The molecule has 1 aromatic rings. The quantitative estimate of drug-likeness (QED) is 0.737. The fraction of sp³-hybridized carbons (Fsp3) is 0.550. The molecule has 6 nitrogen and oxygen atoms in total. The summed E-state index contributed by atoms with van der Waals surface area (Å²) in [4.78, 5) is 40.5. The Bertz CT molecular complexity index is 706. The van der Waals surface area contributed by atoms with Gasteiger partial charge in [-0.05, 0) is 37.5 Å². The van der Waals surface area contributed by atoms with Crippen LogP contribution in [0.15, 0.2) is 24.3 Å². The third kappa shape index (κ3) is 4.64. The van der Waals surface area contributed by atoms with Crippen LogP contribution in [0.2, 0.25) is 0 Å². The van der Waals surface area contributed by atoms with Crippen molar-refractivity contribution in [2.45, 2.75) is 32.7 Å². The van der Waals surface area contributed by atoms with E-state index in [4.69, 9.17) is 4.74 Å². The molecule has 3 rings (SSSR count). The topological polar surface area (TPSA) is 66.9 Å². The Kier molecular flexibility index (Phi) is 6.08. The van der Waals surface area contributed by atoms with Crippen LogP contribution in [0.5, 0.6) is 0 Å². The first-order valence-corrected chi connectivity index (χ1v) is 9.45. The lowest BCUT2D eigenvalue weighted by atomic mass is 9.96. The van der Waals surface area contributed by atoms with E-state index >= 15 is 0 Å². The van der Waals surface area contributed by atoms with Crippen LogP contribution in [-0.2, 0) is 25.7 Å². The second kappa shape index (κ2) is 8.50. The first-order valence-electron chi connectivity index (χ1n) is 9.45. The molecule has 2 saturated heterocycles. The standard InChI is InChI=1S/C20H25FN2O4/c1-2-27-20(26)15-4-3-9-22(12-15)19(25)16-10-18(24)23(13-16)11-14-5-7-17(21)8-6-14/h5-8,15-16H,2-4,9-13H2,1H3/t15-,16-/m1/s1. The van der Waals surface area contributed by atoms with Crippen molar-refractivity contribution in [1.29, 1.82) is 0 Å². The summed E-state index contributed by atoms with van der Waals surface area (Å²) < 4.78 is 18.1. The van der Waals surface area contributed by atoms with Gasteiger partial charge in [0.15, 0.2) is 0 Å². The van der Waals surface area contributed by atoms with Crippen molar-refractivity contribution in [3.8, 4) is 0 Å². The van der Waals surface area contributed by atoms with Gasteiger partial charge in [-0.1, -0.05) is 12.1 Å². The van der Waals surface area contributed by atoms with Crippen LogP contribution in [0.25, 0.3) is 0 Å². The molecule has 2 amide bonds. The lowest BCUT2D eigenvalue weighted by molar-refractivity contribution is -0.152. The number of amides is 2. The fourth-order valence-corrected chi connectivity index (χ4v) is 3.79. The number of nitrogens with zero attached hydrogens (tertiary/aromatic N) is 2. The van der Waals surface area contributed by atoms with Crippen LogP contribution in [0.4, 0.5) is 4.39 Å². The van der Waals surface area contributed by atoms with Crippen molar-refractivity contribution < 1.29 is 23.5 Å². The highest BCUT2D eigenvalue weighted by Gasteiger charge is 2.38. The van der Waals surface area contributed by atoms with Crippen molar-refractivity contribution in [3.63, 3.8) is 0 Å². The zero-order valence-corrected chi connectivity index (χ0v) is 15.5. The van der Waals surface area contributed by atoms with E-state index in [2.05, 4.69) is 0 Å². The average Bonchev–Trinajstić information content (AvgIpc) is 3.04. The van der Waals surface area contributed by atoms with E-state index in [1.807, 2.05) is 0 Å². The number of hydrogen-bond donors (Lipinski definition) is 0. The molecule has 7 heteroatoms. The van der Waals surface area contributed by atoms with Crippen molar-refractivity contribution in [2.75, 3.05) is 26.2 Å². The minimum absolute atomic E-state index is 0.0704. The summed E-state index contributed by atoms with van der Waals surface area (Å²) >= 11 is 0. The first kappa shape index (κ1) is 19.3. The Morgan fingerprint density at radius 1 is 1.19 bits per heavy atom. The molecule has 2 aliphatic rings. The first-order chi connectivity index (χ1) is 13.0. The second-order valence-electron chi connectivity index (χ2n) is 7.18. The third-order valence-electron chi connectivity index (χ3n) is 5.20. The molecule has 0 aromatic heterocycles. The molecule has 0 N–H and O–H groups in total. The molecule has 2 heterocycles. The maximum atomic E-state index is 13.0. The highest BCUT2D eigenvalue weighted by atomic mass is 19.1. The zero-order valence-electron chi connectivity index (χ0n) is 15.5. The van der Waals surface area contributed by atoms with Gasteiger partial charge in [0.05, 0.1) is 18.4 Å². The summed E-state index contributed by atoms with van der Waals surface area (Å²) in [7, 11) is 0. The van der Waals surface area contributed by atoms with Gasteiger partial charge in [0.2, 0.25) is 11.8 Å². The zero-order chi connectivity index (χ0) is 19.4. The Balaban J connectivity index is 1.58. The molecule has 2 atom stereocenters. The average molecular weight is 376 g/mol. The SMILES string of the molecule is CCOC(=O)[C@@H]1CCCN(C(=O)[C@@H]2CC(=O)N(Cc3ccc(F)cc3)C2)C1. The van der Waals surface area contributed by atoms with Crippen molar-refractivity contribution in [2.24, 2.45) is 11.8 Å². The van der Waals surface area contributed by atoms with E-state index in [0.717, 1.165) is 18.4 Å². The van der Waals surface area contributed by atoms with Gasteiger partial charge >= 0.3 is 5.97 Å². The Morgan fingerprint density at radius 2 is 1.93 bits per heavy atom. The molecule has 2 aliphatic heterocycles. The number of hydrogen-bond acceptors (Lipinski definition) is 4. The summed E-state index contributed by atoms with van der Waals surface area (Å²) in [6, 6.07) is 6.02. The summed E-state index contributed by atoms with van der Waals surface area (Å²) in [6.45, 7) is 3.80. The lowest BCUT2D eigenvalue weighted by Crippen LogP contribution is -2.45. The Labute approximate surface area is 158 Å². The number of likely N-dealkylation sites (tertiary alicyclic amines) is 2. The van der Waals surface area contributed by atoms with Crippen LogP contribution >= 0.6 is 0 Å². The molecule has 2 fully saturated rings. The number of carbonyl (C=O) groups is 3. The summed E-state index contributed by atoms with van der Waals surface area (Å²) in [6.07, 6.45) is 1.67. The van der Waals surface area contributed by atoms with Crippen LogP contribution in [0.1, 0.15) is 31.7 Å². The molecule has 27 heavy (non-hydrogen) atoms. The van der Waals surface area contributed by atoms with Crippen LogP contribution in [0.3, 0.4) is 0 Å². The van der Waals surface area contributed by atoms with Gasteiger partial charge in [0, 0.05) is 32.6 Å². The highest BCUT2D eigenvalue weighted by molar-refractivity contribution is 5.89. The van der Waals surface area contributed by atoms with Crippen molar-refractivity contribution in [1.82, 2.24) is 9.80 Å². The van der Waals surface area contributed by atoms with Crippen LogP contribution in [-0.4, -0.2) is 53.8 Å². The van der Waals surface area contributed by atoms with E-state index in [1.54, 1.807) is 28.9 Å². The molecular formula is C20H25FN2O4. The number of rotatable bonds is 5. The van der Waals surface area contributed by atoms with E-state index in [9.17, 15) is 18.8 Å². The van der Waals surface area contributed by atoms with E-state index in [-0.39, 0.29) is 41.9 Å². The molecule has 0 unspecified atom stereocenters. The number of halogens is 1. The van der Waals surface area contributed by atoms with Gasteiger partial charge in [-0.2, -0.15) is 0 Å². The molecule has 0 bridgehead atoms. The smallest absolute Gasteiger partial charge is 0.310 e. The predicted molar refractivity (Wildman–Crippen MR) is 95.9 cm³/mol. The number of piperidine rings is 1. The normalized spacial score (nSPS) is 22.8. The highest BCUT2D eigenvalue weighted by Crippen LogP contribution is 2.25. The van der Waals surface area contributed by atoms with Gasteiger partial charge in [0.25, 0.3) is 0 Å². The molecule has 0 spiro atoms. The van der Waals surface area contributed by atoms with Crippen molar-refractivity contribution in [3.05, 3.63) is 35.6 Å². The van der Waals surface area contributed by atoms with Gasteiger partial charge in [-0.3, -0.25) is 14.4 Å². The summed E-state index contributed by atoms with van der Waals surface area (Å²) in [5, 5.41) is 0. The van der Waals surface area contributed by atoms with Crippen LogP contribution in [0, 0.1) is 17.7 Å². The lowest BCUT2D eigenvalue weighted by Gasteiger charge is -2.33. The minimum Gasteiger partial charge on any atom is -0.466 e. The largest absolute Gasteiger partial charge is 0.466 e. The van der Waals surface area contributed by atoms with Crippen molar-refractivity contribution >= 4 is 17.8 Å².